The molecule has 6 aromatic rings. The fraction of sp³-hybridized carbons (Fsp3) is 0.159. The van der Waals surface area contributed by atoms with Gasteiger partial charge >= 0.3 is 0 Å². The molecule has 326 valence electrons. The highest BCUT2D eigenvalue weighted by Crippen LogP contribution is 2.58. The minimum absolute atomic E-state index is 0.00304. The molecule has 0 aromatic heterocycles. The Hall–Kier alpha value is -7.13. The molecule has 0 aliphatic heterocycles. The molecule has 2 heteroatoms. The van der Waals surface area contributed by atoms with Crippen LogP contribution >= 0.6 is 0 Å². The molecule has 3 aliphatic rings. The van der Waals surface area contributed by atoms with E-state index in [2.05, 4.69) is 189 Å². The summed E-state index contributed by atoms with van der Waals surface area (Å²) in [7, 11) is 1.75. The molecule has 0 heterocycles. The topological polar surface area (TPSA) is 38.4 Å². The van der Waals surface area contributed by atoms with E-state index in [0.29, 0.717) is 0 Å². The number of aliphatic imine (C=N–C) groups is 1. The van der Waals surface area contributed by atoms with Crippen molar-refractivity contribution in [2.75, 3.05) is 7.05 Å². The van der Waals surface area contributed by atoms with Crippen LogP contribution in [0.15, 0.2) is 225 Å². The van der Waals surface area contributed by atoms with E-state index in [-0.39, 0.29) is 11.5 Å². The van der Waals surface area contributed by atoms with Gasteiger partial charge in [0.15, 0.2) is 0 Å². The maximum absolute atomic E-state index is 6.38. The molecule has 0 amide bonds. The van der Waals surface area contributed by atoms with Gasteiger partial charge in [0, 0.05) is 24.7 Å². The van der Waals surface area contributed by atoms with Crippen molar-refractivity contribution in [1.29, 1.82) is 0 Å². The number of nitrogens with zero attached hydrogens (tertiary/aromatic N) is 1. The number of nitrogens with two attached hydrogens (primary N) is 1. The van der Waals surface area contributed by atoms with Crippen molar-refractivity contribution < 1.29 is 0 Å². The second kappa shape index (κ2) is 23.5. The van der Waals surface area contributed by atoms with Crippen molar-refractivity contribution in [2.24, 2.45) is 10.7 Å². The molecular weight excluding hydrogens is 785 g/mol. The number of allylic oxidation sites excluding steroid dienone is 12. The van der Waals surface area contributed by atoms with Gasteiger partial charge < -0.3 is 5.73 Å². The maximum Gasteiger partial charge on any atom is 0.0467 e. The van der Waals surface area contributed by atoms with E-state index in [1.165, 1.54) is 60.2 Å². The van der Waals surface area contributed by atoms with Crippen LogP contribution in [-0.4, -0.2) is 13.3 Å². The summed E-state index contributed by atoms with van der Waals surface area (Å²) in [4.78, 5) is 3.76. The van der Waals surface area contributed by atoms with Crippen molar-refractivity contribution in [2.45, 2.75) is 57.9 Å². The van der Waals surface area contributed by atoms with Gasteiger partial charge in [-0.2, -0.15) is 0 Å². The van der Waals surface area contributed by atoms with Gasteiger partial charge in [-0.3, -0.25) is 4.99 Å². The Morgan fingerprint density at radius 1 is 0.708 bits per heavy atom. The van der Waals surface area contributed by atoms with Crippen molar-refractivity contribution in [1.82, 2.24) is 0 Å². The monoisotopic (exact) mass is 849 g/mol. The molecule has 0 fully saturated rings. The van der Waals surface area contributed by atoms with E-state index >= 15 is 0 Å². The number of benzene rings is 6. The molecule has 2 unspecified atom stereocenters. The lowest BCUT2D eigenvalue weighted by Gasteiger charge is -2.37. The normalized spacial score (nSPS) is 17.5. The Morgan fingerprint density at radius 2 is 1.42 bits per heavy atom. The molecular formula is C63H64N2. The number of hydrogen-bond acceptors (Lipinski definition) is 2. The van der Waals surface area contributed by atoms with Crippen molar-refractivity contribution >= 4 is 45.9 Å². The molecule has 65 heavy (non-hydrogen) atoms. The molecule has 0 saturated carbocycles. The van der Waals surface area contributed by atoms with Crippen LogP contribution in [0.3, 0.4) is 0 Å². The summed E-state index contributed by atoms with van der Waals surface area (Å²) in [5.74, 6) is 0. The average molecular weight is 849 g/mol. The van der Waals surface area contributed by atoms with Gasteiger partial charge in [0.25, 0.3) is 0 Å². The van der Waals surface area contributed by atoms with Crippen LogP contribution in [0.1, 0.15) is 91.4 Å². The zero-order valence-corrected chi connectivity index (χ0v) is 38.8. The lowest BCUT2D eigenvalue weighted by atomic mass is 9.65. The Morgan fingerprint density at radius 3 is 2.18 bits per heavy atom. The van der Waals surface area contributed by atoms with Crippen LogP contribution in [0.4, 0.5) is 0 Å². The molecule has 2 N–H and O–H groups in total. The van der Waals surface area contributed by atoms with Gasteiger partial charge in [0.05, 0.1) is 0 Å². The smallest absolute Gasteiger partial charge is 0.0467 e. The number of fused-ring (bicyclic) bond motifs is 8. The van der Waals surface area contributed by atoms with E-state index in [1.807, 2.05) is 63.3 Å². The molecule has 9 rings (SSSR count). The number of hydrogen-bond donors (Lipinski definition) is 1. The van der Waals surface area contributed by atoms with E-state index in [9.17, 15) is 0 Å². The minimum Gasteiger partial charge on any atom is -0.324 e. The molecule has 1 spiro atoms. The Balaban J connectivity index is 0.000000524. The number of rotatable bonds is 9. The predicted octanol–water partition coefficient (Wildman–Crippen LogP) is 14.6. The SMILES string of the molecule is C/C=C\C=C/C=NC.C=C.C=C(/C=C\C=C/CC(N)c1ccccc1)c1cccc(C2=CC3=C(CC2)C2(C/C=c4/cccc/c4=C/c4cc5ccccc5cc42)c2ccccc23)c1.CC. The van der Waals surface area contributed by atoms with Gasteiger partial charge in [0.1, 0.15) is 0 Å². The zero-order valence-electron chi connectivity index (χ0n) is 38.8. The van der Waals surface area contributed by atoms with Crippen LogP contribution in [0.5, 0.6) is 0 Å². The third-order valence-corrected chi connectivity index (χ3v) is 12.2. The van der Waals surface area contributed by atoms with Gasteiger partial charge in [0.2, 0.25) is 0 Å². The highest BCUT2D eigenvalue weighted by Gasteiger charge is 2.47. The second-order valence-corrected chi connectivity index (χ2v) is 15.9. The van der Waals surface area contributed by atoms with E-state index in [0.717, 1.165) is 42.4 Å². The van der Waals surface area contributed by atoms with Crippen LogP contribution < -0.4 is 16.2 Å². The van der Waals surface area contributed by atoms with Gasteiger partial charge in [-0.1, -0.05) is 196 Å². The fourth-order valence-electron chi connectivity index (χ4n) is 9.19. The predicted molar refractivity (Wildman–Crippen MR) is 286 cm³/mol. The first-order valence-electron chi connectivity index (χ1n) is 23.0. The second-order valence-electron chi connectivity index (χ2n) is 15.9. The minimum atomic E-state index is -0.239. The summed E-state index contributed by atoms with van der Waals surface area (Å²) in [5.41, 5.74) is 20.5. The van der Waals surface area contributed by atoms with Gasteiger partial charge in [-0.05, 0) is 145 Å². The third kappa shape index (κ3) is 10.8. The lowest BCUT2D eigenvalue weighted by molar-refractivity contribution is 0.611. The van der Waals surface area contributed by atoms with Crippen molar-refractivity contribution in [3.63, 3.8) is 0 Å². The Bertz CT molecular complexity index is 2920. The summed E-state index contributed by atoms with van der Waals surface area (Å²) in [6.45, 7) is 16.4. The molecule has 6 aromatic carbocycles. The molecule has 0 bridgehead atoms. The zero-order chi connectivity index (χ0) is 46.0. The van der Waals surface area contributed by atoms with Crippen LogP contribution in [0.2, 0.25) is 0 Å². The molecule has 2 atom stereocenters. The molecule has 0 saturated heterocycles. The third-order valence-electron chi connectivity index (χ3n) is 12.2. The summed E-state index contributed by atoms with van der Waals surface area (Å²) in [5, 5.41) is 5.17. The average Bonchev–Trinajstić information content (AvgIpc) is 3.65. The fourth-order valence-corrected chi connectivity index (χ4v) is 9.19. The Labute approximate surface area is 388 Å². The summed E-state index contributed by atoms with van der Waals surface area (Å²) >= 11 is 0. The van der Waals surface area contributed by atoms with Crippen molar-refractivity contribution in [3.05, 3.63) is 269 Å². The first-order valence-corrected chi connectivity index (χ1v) is 23.0. The summed E-state index contributed by atoms with van der Waals surface area (Å²) in [6.07, 6.45) is 29.0. The standard InChI is InChI=1S/C52H43N.C7H11N.C2H6.C2H4/c1-36(15-4-2-7-26-51(53)38-17-5-3-6-18-38)39-22-14-23-42(31-39)44-27-28-49-47(34-44)46-24-12-13-25-48(46)52(49)30-29-37-16-8-9-19-40(37)32-45-33-41-20-10-11-21-43(41)35-50(45)52;1-3-4-5-6-7-8-2;2*1-2/h2-25,29,31-35,51H,1,26-28,30,53H2;3-7H,1-2H3;1-2H3;1-2H2/b7-2-,15-4-,37-29-,40-32-;4-3-,6-5-,8-7?;;. The van der Waals surface area contributed by atoms with Gasteiger partial charge in [-0.25, -0.2) is 0 Å². The van der Waals surface area contributed by atoms with Crippen LogP contribution in [0, 0.1) is 0 Å². The van der Waals surface area contributed by atoms with Crippen LogP contribution in [-0.2, 0) is 5.41 Å². The first-order chi connectivity index (χ1) is 32.0. The Kier molecular flexibility index (Phi) is 17.1. The molecule has 3 aliphatic carbocycles. The lowest BCUT2D eigenvalue weighted by Crippen LogP contribution is -2.34. The van der Waals surface area contributed by atoms with Crippen LogP contribution in [0.25, 0.3) is 39.6 Å². The largest absolute Gasteiger partial charge is 0.324 e. The van der Waals surface area contributed by atoms with Crippen molar-refractivity contribution in [3.8, 4) is 0 Å². The molecule has 0 radical (unpaired) electrons. The van der Waals surface area contributed by atoms with E-state index < -0.39 is 0 Å². The quantitative estimate of drug-likeness (QED) is 0.0878. The molecule has 2 nitrogen and oxygen atoms in total. The highest BCUT2D eigenvalue weighted by molar-refractivity contribution is 5.97. The van der Waals surface area contributed by atoms with E-state index in [4.69, 9.17) is 5.73 Å². The van der Waals surface area contributed by atoms with E-state index in [1.54, 1.807) is 18.8 Å². The summed E-state index contributed by atoms with van der Waals surface area (Å²) in [6, 6.07) is 50.9. The first kappa shape index (κ1) is 47.4. The summed E-state index contributed by atoms with van der Waals surface area (Å²) < 4.78 is 0. The maximum atomic E-state index is 6.38. The highest BCUT2D eigenvalue weighted by atomic mass is 14.6. The van der Waals surface area contributed by atoms with Gasteiger partial charge in [-0.15, -0.1) is 13.2 Å².